The van der Waals surface area contributed by atoms with Crippen LogP contribution in [0.15, 0.2) is 18.5 Å². The summed E-state index contributed by atoms with van der Waals surface area (Å²) in [7, 11) is 0. The first-order chi connectivity index (χ1) is 9.58. The summed E-state index contributed by atoms with van der Waals surface area (Å²) in [5, 5.41) is 20.0. The van der Waals surface area contributed by atoms with E-state index >= 15 is 0 Å². The third kappa shape index (κ3) is 2.38. The van der Waals surface area contributed by atoms with Crippen LogP contribution in [0.3, 0.4) is 0 Å². The molecule has 5 heteroatoms. The lowest BCUT2D eigenvalue weighted by atomic mass is 9.71. The molecule has 2 fully saturated rings. The van der Waals surface area contributed by atoms with Crippen molar-refractivity contribution < 1.29 is 15.0 Å². The van der Waals surface area contributed by atoms with E-state index in [0.717, 1.165) is 25.7 Å². The Kier molecular flexibility index (Phi) is 3.38. The Hall–Kier alpha value is -1.62. The number of rotatable bonds is 1. The lowest BCUT2D eigenvalue weighted by molar-refractivity contribution is -0.0886. The number of pyridine rings is 1. The maximum Gasteiger partial charge on any atom is 0.255 e. The molecular weight excluding hydrogens is 256 g/mol. The second-order valence-electron chi connectivity index (χ2n) is 5.98. The van der Waals surface area contributed by atoms with Gasteiger partial charge in [0.1, 0.15) is 5.75 Å². The lowest BCUT2D eigenvalue weighted by Gasteiger charge is -2.47. The number of carbonyl (C=O) groups is 1. The summed E-state index contributed by atoms with van der Waals surface area (Å²) in [6, 6.07) is 1.44. The minimum Gasteiger partial charge on any atom is -0.506 e. The van der Waals surface area contributed by atoms with E-state index in [1.165, 1.54) is 18.5 Å². The molecule has 0 bridgehead atoms. The van der Waals surface area contributed by atoms with Crippen LogP contribution in [-0.4, -0.2) is 44.7 Å². The normalized spacial score (nSPS) is 29.9. The molecule has 2 atom stereocenters. The molecule has 20 heavy (non-hydrogen) atoms. The van der Waals surface area contributed by atoms with Crippen molar-refractivity contribution in [1.82, 2.24) is 9.88 Å². The van der Waals surface area contributed by atoms with Crippen molar-refractivity contribution in [3.8, 4) is 5.75 Å². The molecule has 1 aromatic rings. The fourth-order valence-corrected chi connectivity index (χ4v) is 3.48. The monoisotopic (exact) mass is 276 g/mol. The van der Waals surface area contributed by atoms with Crippen LogP contribution in [0.1, 0.15) is 42.5 Å². The number of carbonyl (C=O) groups excluding carboxylic acids is 1. The average Bonchev–Trinajstić information content (AvgIpc) is 2.45. The number of piperidine rings is 1. The van der Waals surface area contributed by atoms with E-state index in [9.17, 15) is 15.0 Å². The molecule has 1 amide bonds. The molecule has 0 unspecified atom stereocenters. The molecule has 3 rings (SSSR count). The van der Waals surface area contributed by atoms with Gasteiger partial charge in [0.2, 0.25) is 0 Å². The molecule has 1 aliphatic carbocycles. The third-order valence-corrected chi connectivity index (χ3v) is 4.69. The summed E-state index contributed by atoms with van der Waals surface area (Å²) in [5.74, 6) is 0.0715. The van der Waals surface area contributed by atoms with E-state index in [1.807, 2.05) is 0 Å². The Morgan fingerprint density at radius 3 is 3.00 bits per heavy atom. The fraction of sp³-hybridized carbons (Fsp3) is 0.600. The molecule has 0 radical (unpaired) electrons. The Morgan fingerprint density at radius 1 is 1.35 bits per heavy atom. The van der Waals surface area contributed by atoms with Crippen LogP contribution in [-0.2, 0) is 0 Å². The fourth-order valence-electron chi connectivity index (χ4n) is 3.48. The molecule has 108 valence electrons. The molecule has 2 N–H and O–H groups in total. The second kappa shape index (κ2) is 5.05. The lowest BCUT2D eigenvalue weighted by Crippen LogP contribution is -2.54. The smallest absolute Gasteiger partial charge is 0.255 e. The predicted molar refractivity (Wildman–Crippen MR) is 73.3 cm³/mol. The van der Waals surface area contributed by atoms with Gasteiger partial charge >= 0.3 is 0 Å². The zero-order valence-electron chi connectivity index (χ0n) is 11.5. The number of aromatic nitrogens is 1. The van der Waals surface area contributed by atoms with Gasteiger partial charge in [-0.15, -0.1) is 0 Å². The topological polar surface area (TPSA) is 73.7 Å². The molecule has 2 aliphatic rings. The van der Waals surface area contributed by atoms with Gasteiger partial charge in [0.25, 0.3) is 5.91 Å². The van der Waals surface area contributed by atoms with Gasteiger partial charge in [-0.3, -0.25) is 9.78 Å². The number of hydrogen-bond donors (Lipinski definition) is 2. The van der Waals surface area contributed by atoms with E-state index in [-0.39, 0.29) is 17.6 Å². The number of hydrogen-bond acceptors (Lipinski definition) is 4. The molecule has 1 saturated carbocycles. The number of likely N-dealkylation sites (tertiary alicyclic amines) is 1. The zero-order chi connectivity index (χ0) is 14.2. The molecule has 1 saturated heterocycles. The van der Waals surface area contributed by atoms with Gasteiger partial charge in [0.05, 0.1) is 17.4 Å². The number of aromatic hydroxyl groups is 1. The van der Waals surface area contributed by atoms with Crippen LogP contribution >= 0.6 is 0 Å². The predicted octanol–water partition coefficient (Wildman–Crippen LogP) is 1.55. The van der Waals surface area contributed by atoms with Crippen LogP contribution in [0.5, 0.6) is 5.75 Å². The van der Waals surface area contributed by atoms with Crippen molar-refractivity contribution in [1.29, 1.82) is 0 Å². The minimum atomic E-state index is -0.577. The van der Waals surface area contributed by atoms with E-state index in [4.69, 9.17) is 0 Å². The zero-order valence-corrected chi connectivity index (χ0v) is 11.5. The average molecular weight is 276 g/mol. The maximum atomic E-state index is 12.4. The third-order valence-electron chi connectivity index (χ3n) is 4.69. The van der Waals surface area contributed by atoms with Gasteiger partial charge in [-0.1, -0.05) is 12.8 Å². The SMILES string of the molecule is O=C(c1cncc(O)c1)N1CC[C@@]2(O)CCCC[C@H]2C1. The van der Waals surface area contributed by atoms with Crippen molar-refractivity contribution in [2.75, 3.05) is 13.1 Å². The molecule has 1 aromatic heterocycles. The summed E-state index contributed by atoms with van der Waals surface area (Å²) in [5.41, 5.74) is -0.169. The number of fused-ring (bicyclic) bond motifs is 1. The highest BCUT2D eigenvalue weighted by molar-refractivity contribution is 5.94. The van der Waals surface area contributed by atoms with Crippen molar-refractivity contribution in [3.63, 3.8) is 0 Å². The molecule has 1 aliphatic heterocycles. The Morgan fingerprint density at radius 2 is 2.20 bits per heavy atom. The van der Waals surface area contributed by atoms with Crippen molar-refractivity contribution in [3.05, 3.63) is 24.0 Å². The number of amides is 1. The summed E-state index contributed by atoms with van der Waals surface area (Å²) in [6.45, 7) is 1.17. The highest BCUT2D eigenvalue weighted by Crippen LogP contribution is 2.40. The first-order valence-corrected chi connectivity index (χ1v) is 7.24. The van der Waals surface area contributed by atoms with Crippen molar-refractivity contribution in [2.45, 2.75) is 37.7 Å². The van der Waals surface area contributed by atoms with E-state index in [2.05, 4.69) is 4.98 Å². The quantitative estimate of drug-likeness (QED) is 0.816. The van der Waals surface area contributed by atoms with E-state index in [1.54, 1.807) is 4.90 Å². The highest BCUT2D eigenvalue weighted by Gasteiger charge is 2.43. The Bertz CT molecular complexity index is 520. The van der Waals surface area contributed by atoms with Gasteiger partial charge in [-0.25, -0.2) is 0 Å². The van der Waals surface area contributed by atoms with E-state index < -0.39 is 5.60 Å². The Labute approximate surface area is 118 Å². The molecular formula is C15H20N2O3. The molecule has 0 spiro atoms. The largest absolute Gasteiger partial charge is 0.506 e. The van der Waals surface area contributed by atoms with Crippen LogP contribution in [0.4, 0.5) is 0 Å². The summed E-state index contributed by atoms with van der Waals surface area (Å²) >= 11 is 0. The number of aliphatic hydroxyl groups is 1. The van der Waals surface area contributed by atoms with Crippen LogP contribution in [0.25, 0.3) is 0 Å². The van der Waals surface area contributed by atoms with Gasteiger partial charge in [0, 0.05) is 25.2 Å². The van der Waals surface area contributed by atoms with E-state index in [0.29, 0.717) is 25.1 Å². The van der Waals surface area contributed by atoms with Gasteiger partial charge < -0.3 is 15.1 Å². The minimum absolute atomic E-state index is 0.00188. The van der Waals surface area contributed by atoms with Gasteiger partial charge in [0.15, 0.2) is 0 Å². The van der Waals surface area contributed by atoms with Crippen molar-refractivity contribution >= 4 is 5.91 Å². The highest BCUT2D eigenvalue weighted by atomic mass is 16.3. The molecule has 0 aromatic carbocycles. The van der Waals surface area contributed by atoms with Crippen LogP contribution < -0.4 is 0 Å². The molecule has 5 nitrogen and oxygen atoms in total. The van der Waals surface area contributed by atoms with Crippen LogP contribution in [0.2, 0.25) is 0 Å². The molecule has 2 heterocycles. The maximum absolute atomic E-state index is 12.4. The van der Waals surface area contributed by atoms with Crippen LogP contribution in [0, 0.1) is 5.92 Å². The van der Waals surface area contributed by atoms with Gasteiger partial charge in [-0.05, 0) is 25.3 Å². The van der Waals surface area contributed by atoms with Crippen molar-refractivity contribution in [2.24, 2.45) is 5.92 Å². The first-order valence-electron chi connectivity index (χ1n) is 7.24. The summed E-state index contributed by atoms with van der Waals surface area (Å²) in [4.78, 5) is 18.1. The first kappa shape index (κ1) is 13.4. The summed E-state index contributed by atoms with van der Waals surface area (Å²) < 4.78 is 0. The summed E-state index contributed by atoms with van der Waals surface area (Å²) in [6.07, 6.45) is 7.48. The standard InChI is InChI=1S/C15H20N2O3/c18-13-7-11(8-16-9-13)14(19)17-6-5-15(20)4-2-1-3-12(15)10-17/h7-9,12,18,20H,1-6,10H2/t12-,15-/m0/s1. The number of nitrogens with zero attached hydrogens (tertiary/aromatic N) is 2. The Balaban J connectivity index is 1.74. The van der Waals surface area contributed by atoms with Gasteiger partial charge in [-0.2, -0.15) is 0 Å². The second-order valence-corrected chi connectivity index (χ2v) is 5.98.